The molecule has 0 aliphatic carbocycles. The summed E-state index contributed by atoms with van der Waals surface area (Å²) in [7, 11) is -1.95. The highest BCUT2D eigenvalue weighted by molar-refractivity contribution is 14.1. The van der Waals surface area contributed by atoms with Gasteiger partial charge in [-0.3, -0.25) is 0 Å². The Morgan fingerprint density at radius 2 is 1.49 bits per heavy atom. The van der Waals surface area contributed by atoms with E-state index in [1.54, 1.807) is 0 Å². The Morgan fingerprint density at radius 1 is 0.754 bits per heavy atom. The van der Waals surface area contributed by atoms with E-state index in [0.29, 0.717) is 38.5 Å². The Morgan fingerprint density at radius 3 is 2.21 bits per heavy atom. The topological polar surface area (TPSA) is 124 Å². The molecule has 13 heteroatoms. The molecule has 11 nitrogen and oxygen atoms in total. The number of hydrogen-bond acceptors (Lipinski definition) is 11. The van der Waals surface area contributed by atoms with Gasteiger partial charge in [0.1, 0.15) is 23.4 Å². The van der Waals surface area contributed by atoms with Crippen molar-refractivity contribution >= 4 is 30.9 Å². The van der Waals surface area contributed by atoms with E-state index >= 15 is 0 Å². The van der Waals surface area contributed by atoms with Crippen molar-refractivity contribution in [2.75, 3.05) is 6.61 Å². The van der Waals surface area contributed by atoms with Gasteiger partial charge in [-0.05, 0) is 88.6 Å². The lowest BCUT2D eigenvalue weighted by atomic mass is 9.72. The Kier molecular flexibility index (Phi) is 12.5. The lowest BCUT2D eigenvalue weighted by molar-refractivity contribution is -0.369. The summed E-state index contributed by atoms with van der Waals surface area (Å²) in [6.07, 6.45) is 11.0. The van der Waals surface area contributed by atoms with E-state index in [2.05, 4.69) is 93.4 Å². The van der Waals surface area contributed by atoms with E-state index in [1.807, 2.05) is 6.92 Å². The Hall–Kier alpha value is -0.0131. The Labute approximate surface area is 355 Å². The Bertz CT molecular complexity index is 1490. The van der Waals surface area contributed by atoms with Crippen LogP contribution in [0.2, 0.25) is 18.1 Å². The van der Waals surface area contributed by atoms with Gasteiger partial charge < -0.3 is 52.5 Å². The summed E-state index contributed by atoms with van der Waals surface area (Å²) in [4.78, 5) is 0. The molecule has 2 N–H and O–H groups in total. The SMILES string of the molecule is CC[Si](CC)(CC)O[C@@]1(C)C=C[C@H]2O[C@@]3(C)C[C@@]4(C)O[C@H]5C[C@H]6O[C@H]7C[C@H]8O[C@@H](CCCO)C[C@H](O)[C@]8(C)O[C@]7(C)C[C@@H]6O[C@@H]5CC[C@@H]4O[C@@H]3C[C@@H]2O[C@@H]1/C=C\I. The van der Waals surface area contributed by atoms with Gasteiger partial charge in [0.2, 0.25) is 0 Å². The molecule has 324 valence electrons. The zero-order chi connectivity index (χ0) is 40.6. The average molecular weight is 931 g/mol. The largest absolute Gasteiger partial charge is 0.405 e. The van der Waals surface area contributed by atoms with Crippen molar-refractivity contribution in [3.05, 3.63) is 22.3 Å². The smallest absolute Gasteiger partial charge is 0.193 e. The van der Waals surface area contributed by atoms with Crippen molar-refractivity contribution in [2.24, 2.45) is 0 Å². The lowest BCUT2D eigenvalue weighted by Crippen LogP contribution is -2.72. The molecule has 7 saturated heterocycles. The minimum Gasteiger partial charge on any atom is -0.405 e. The molecule has 8 aliphatic heterocycles. The van der Waals surface area contributed by atoms with Gasteiger partial charge in [0.15, 0.2) is 8.32 Å². The molecular weight excluding hydrogens is 859 g/mol. The van der Waals surface area contributed by atoms with Crippen molar-refractivity contribution in [3.63, 3.8) is 0 Å². The minimum atomic E-state index is -1.95. The fraction of sp³-hybridized carbons (Fsp3) is 0.909. The standard InChI is InChI=1S/C44H71IO11Si/c1-9-57(10-2,11-3)56-40(4)18-16-29-31(50-36(40)17-19-45)23-37-43(7,53-29)26-42(6)35(52-37)15-14-28-32(54-42)22-30-33(49-28)25-41(5)38(51-30)24-39-44(8,55-41)34(47)21-27(48-39)13-12-20-46/h16-19,27-39,46-47H,9-15,20-26H2,1-8H3/b19-17-/t27-,28+,29+,30+,31-,32-,33-,34-,35-,36+,37+,38-,39+,40-,41+,42+,43-,44-/m0/s1. The van der Waals surface area contributed by atoms with Gasteiger partial charge in [0, 0.05) is 45.1 Å². The molecular formula is C44H71IO11Si. The predicted octanol–water partition coefficient (Wildman–Crippen LogP) is 7.23. The number of fused-ring (bicyclic) bond motifs is 7. The van der Waals surface area contributed by atoms with E-state index in [0.717, 1.165) is 43.8 Å². The second kappa shape index (κ2) is 16.3. The quantitative estimate of drug-likeness (QED) is 0.139. The summed E-state index contributed by atoms with van der Waals surface area (Å²) in [6.45, 7) is 17.7. The molecule has 0 aromatic carbocycles. The van der Waals surface area contributed by atoms with Crippen LogP contribution in [-0.4, -0.2) is 132 Å². The first kappa shape index (κ1) is 43.6. The maximum absolute atomic E-state index is 11.4. The maximum atomic E-state index is 11.4. The molecule has 0 saturated carbocycles. The van der Waals surface area contributed by atoms with Crippen LogP contribution in [0, 0.1) is 0 Å². The van der Waals surface area contributed by atoms with Crippen molar-refractivity contribution in [1.82, 2.24) is 0 Å². The first-order valence-electron chi connectivity index (χ1n) is 22.3. The van der Waals surface area contributed by atoms with Crippen LogP contribution in [0.15, 0.2) is 22.3 Å². The number of aliphatic hydroxyl groups is 2. The van der Waals surface area contributed by atoms with Crippen LogP contribution < -0.4 is 0 Å². The maximum Gasteiger partial charge on any atom is 0.193 e. The molecule has 8 heterocycles. The molecule has 0 unspecified atom stereocenters. The molecule has 57 heavy (non-hydrogen) atoms. The van der Waals surface area contributed by atoms with Gasteiger partial charge in [-0.25, -0.2) is 0 Å². The van der Waals surface area contributed by atoms with E-state index < -0.39 is 42.4 Å². The van der Waals surface area contributed by atoms with Gasteiger partial charge >= 0.3 is 0 Å². The van der Waals surface area contributed by atoms with Gasteiger partial charge in [-0.1, -0.05) is 55.5 Å². The van der Waals surface area contributed by atoms with E-state index in [9.17, 15) is 10.2 Å². The molecule has 0 radical (unpaired) electrons. The molecule has 8 rings (SSSR count). The predicted molar refractivity (Wildman–Crippen MR) is 226 cm³/mol. The molecule has 7 fully saturated rings. The highest BCUT2D eigenvalue weighted by Crippen LogP contribution is 2.54. The first-order valence-corrected chi connectivity index (χ1v) is 26.1. The molecule has 18 atom stereocenters. The normalized spacial score (nSPS) is 52.2. The van der Waals surface area contributed by atoms with Gasteiger partial charge in [-0.15, -0.1) is 0 Å². The molecule has 0 spiro atoms. The molecule has 0 bridgehead atoms. The highest BCUT2D eigenvalue weighted by Gasteiger charge is 2.64. The van der Waals surface area contributed by atoms with Crippen LogP contribution in [0.5, 0.6) is 0 Å². The Balaban J connectivity index is 0.969. The van der Waals surface area contributed by atoms with Crippen molar-refractivity contribution in [3.8, 4) is 0 Å². The van der Waals surface area contributed by atoms with E-state index in [4.69, 9.17) is 42.3 Å². The molecule has 0 amide bonds. The summed E-state index contributed by atoms with van der Waals surface area (Å²) in [5.41, 5.74) is -3.19. The van der Waals surface area contributed by atoms with Gasteiger partial charge in [-0.2, -0.15) is 0 Å². The van der Waals surface area contributed by atoms with Crippen LogP contribution >= 0.6 is 22.6 Å². The van der Waals surface area contributed by atoms with Gasteiger partial charge in [0.05, 0.1) is 83.9 Å². The van der Waals surface area contributed by atoms with Crippen LogP contribution in [0.3, 0.4) is 0 Å². The van der Waals surface area contributed by atoms with Crippen LogP contribution in [0.1, 0.15) is 120 Å². The summed E-state index contributed by atoms with van der Waals surface area (Å²) in [5, 5.41) is 20.8. The fourth-order valence-corrected chi connectivity index (χ4v) is 15.6. The third kappa shape index (κ3) is 7.87. The second-order valence-electron chi connectivity index (χ2n) is 19.8. The summed E-state index contributed by atoms with van der Waals surface area (Å²) in [6, 6.07) is 3.22. The second-order valence-corrected chi connectivity index (χ2v) is 25.2. The van der Waals surface area contributed by atoms with E-state index in [-0.39, 0.29) is 79.9 Å². The minimum absolute atomic E-state index is 0.0829. The third-order valence-corrected chi connectivity index (χ3v) is 21.0. The lowest BCUT2D eigenvalue weighted by Gasteiger charge is -2.61. The van der Waals surface area contributed by atoms with Gasteiger partial charge in [0.25, 0.3) is 0 Å². The van der Waals surface area contributed by atoms with E-state index in [1.165, 1.54) is 0 Å². The summed E-state index contributed by atoms with van der Waals surface area (Å²) >= 11 is 2.29. The summed E-state index contributed by atoms with van der Waals surface area (Å²) in [5.74, 6) is 0. The molecule has 0 aromatic rings. The third-order valence-electron chi connectivity index (χ3n) is 15.8. The number of hydrogen-bond donors (Lipinski definition) is 2. The first-order chi connectivity index (χ1) is 27.1. The van der Waals surface area contributed by atoms with Crippen molar-refractivity contribution in [2.45, 2.75) is 245 Å². The number of aliphatic hydroxyl groups excluding tert-OH is 2. The summed E-state index contributed by atoms with van der Waals surface area (Å²) < 4.78 is 65.1. The number of ether oxygens (including phenoxy) is 8. The van der Waals surface area contributed by atoms with Crippen LogP contribution in [0.25, 0.3) is 0 Å². The zero-order valence-corrected chi connectivity index (χ0v) is 38.8. The molecule has 8 aliphatic rings. The number of rotatable bonds is 9. The zero-order valence-electron chi connectivity index (χ0n) is 35.7. The van der Waals surface area contributed by atoms with Crippen molar-refractivity contribution < 1.29 is 52.5 Å². The van der Waals surface area contributed by atoms with Crippen LogP contribution in [0.4, 0.5) is 0 Å². The highest BCUT2D eigenvalue weighted by atomic mass is 127. The van der Waals surface area contributed by atoms with Crippen molar-refractivity contribution in [1.29, 1.82) is 0 Å². The molecule has 0 aromatic heterocycles. The number of halogens is 1. The fourth-order valence-electron chi connectivity index (χ4n) is 12.2. The average Bonchev–Trinajstić information content (AvgIpc) is 3.37. The van der Waals surface area contributed by atoms with Crippen LogP contribution in [-0.2, 0) is 42.3 Å². The monoisotopic (exact) mass is 930 g/mol.